The summed E-state index contributed by atoms with van der Waals surface area (Å²) in [6, 6.07) is 19.6. The van der Waals surface area contributed by atoms with Crippen molar-refractivity contribution in [3.63, 3.8) is 0 Å². The monoisotopic (exact) mass is 830 g/mol. The fourth-order valence-corrected chi connectivity index (χ4v) is 6.04. The molecule has 5 rings (SSSR count). The SMILES string of the molecule is Cc1cc(Nc2nc(Nc3ccccc3)nc(OCCN(C)C)n2)ccc1/C=C/c1ccc(Nc2nc(OCCN(C)C)nc(N(CCO)CCO)n2)cc1S(=O)(=O)O. The summed E-state index contributed by atoms with van der Waals surface area (Å²) in [5.41, 5.74) is 3.60. The molecule has 0 fully saturated rings. The first kappa shape index (κ1) is 44.1. The normalized spacial score (nSPS) is 11.6. The summed E-state index contributed by atoms with van der Waals surface area (Å²) in [5.74, 6) is 0.708. The Kier molecular flexibility index (Phi) is 15.8. The van der Waals surface area contributed by atoms with Crippen LogP contribution in [-0.4, -0.2) is 144 Å². The van der Waals surface area contributed by atoms with Gasteiger partial charge in [-0.15, -0.1) is 0 Å². The van der Waals surface area contributed by atoms with Gasteiger partial charge in [-0.05, 0) is 88.2 Å². The van der Waals surface area contributed by atoms with Crippen molar-refractivity contribution in [2.24, 2.45) is 0 Å². The van der Waals surface area contributed by atoms with Crippen molar-refractivity contribution in [2.75, 3.05) is 102 Å². The molecule has 0 saturated heterocycles. The van der Waals surface area contributed by atoms with Crippen LogP contribution < -0.4 is 30.3 Å². The van der Waals surface area contributed by atoms with E-state index in [1.807, 2.05) is 93.4 Å². The fraction of sp³-hybridized carbons (Fsp3) is 0.333. The van der Waals surface area contributed by atoms with Gasteiger partial charge in [0, 0.05) is 43.2 Å². The summed E-state index contributed by atoms with van der Waals surface area (Å²) in [7, 11) is 2.98. The minimum absolute atomic E-state index is 0.0126. The summed E-state index contributed by atoms with van der Waals surface area (Å²) >= 11 is 0. The number of nitrogens with one attached hydrogen (secondary N) is 3. The Balaban J connectivity index is 1.36. The molecule has 19 nitrogen and oxygen atoms in total. The predicted octanol–water partition coefficient (Wildman–Crippen LogP) is 3.68. The molecule has 0 bridgehead atoms. The minimum Gasteiger partial charge on any atom is -0.462 e. The van der Waals surface area contributed by atoms with Crippen LogP contribution >= 0.6 is 0 Å². The number of rotatable bonds is 22. The standard InChI is InChI=1S/C39H50N12O7S/c1-27-25-31(41-35-43-34(40-30-9-7-6-8-10-30)45-38(46-35)57-23-19-49(2)3)15-13-28(27)11-12-29-14-16-32(26-33(29)59(54,55)56)42-36-44-37(51(17-21-52)18-22-53)48-39(47-36)58-24-20-50(4)5/h6-16,25-26,52-53H,17-24H2,1-5H3,(H,54,55,56)(H,42,44,47,48)(H2,40,41,43,45,46)/b12-11+. The van der Waals surface area contributed by atoms with Crippen LogP contribution in [0, 0.1) is 6.92 Å². The summed E-state index contributed by atoms with van der Waals surface area (Å²) in [5, 5.41) is 28.5. The second-order valence-corrected chi connectivity index (χ2v) is 15.0. The number of anilines is 7. The summed E-state index contributed by atoms with van der Waals surface area (Å²) < 4.78 is 47.1. The van der Waals surface area contributed by atoms with Crippen LogP contribution in [0.1, 0.15) is 16.7 Å². The Bertz CT molecular complexity index is 2280. The van der Waals surface area contributed by atoms with Crippen LogP contribution in [0.3, 0.4) is 0 Å². The number of aromatic nitrogens is 6. The summed E-state index contributed by atoms with van der Waals surface area (Å²) in [4.78, 5) is 31.6. The van der Waals surface area contributed by atoms with E-state index < -0.39 is 10.1 Å². The highest BCUT2D eigenvalue weighted by atomic mass is 32.2. The van der Waals surface area contributed by atoms with E-state index in [1.165, 1.54) is 12.1 Å². The van der Waals surface area contributed by atoms with Crippen molar-refractivity contribution in [2.45, 2.75) is 11.8 Å². The van der Waals surface area contributed by atoms with E-state index in [0.29, 0.717) is 31.3 Å². The Morgan fingerprint density at radius 2 is 1.14 bits per heavy atom. The molecule has 5 aromatic rings. The largest absolute Gasteiger partial charge is 0.462 e. The van der Waals surface area contributed by atoms with E-state index in [2.05, 4.69) is 45.9 Å². The number of nitrogens with zero attached hydrogens (tertiary/aromatic N) is 9. The first-order valence-corrected chi connectivity index (χ1v) is 20.0. The van der Waals surface area contributed by atoms with Crippen LogP contribution in [-0.2, 0) is 10.1 Å². The van der Waals surface area contributed by atoms with Gasteiger partial charge in [-0.1, -0.05) is 42.5 Å². The lowest BCUT2D eigenvalue weighted by Gasteiger charge is -2.21. The molecule has 0 saturated carbocycles. The fourth-order valence-electron chi connectivity index (χ4n) is 5.33. The van der Waals surface area contributed by atoms with E-state index >= 15 is 0 Å². The molecular formula is C39H50N12O7S. The van der Waals surface area contributed by atoms with Crippen LogP contribution in [0.2, 0.25) is 0 Å². The third kappa shape index (κ3) is 13.8. The van der Waals surface area contributed by atoms with E-state index in [9.17, 15) is 23.2 Å². The molecule has 314 valence electrons. The maximum Gasteiger partial charge on any atom is 0.323 e. The lowest BCUT2D eigenvalue weighted by Crippen LogP contribution is -2.31. The third-order valence-electron chi connectivity index (χ3n) is 8.33. The summed E-state index contributed by atoms with van der Waals surface area (Å²) in [6.07, 6.45) is 3.33. The van der Waals surface area contributed by atoms with E-state index in [4.69, 9.17) is 9.47 Å². The zero-order valence-corrected chi connectivity index (χ0v) is 34.4. The number of likely N-dealkylation sites (N-methyl/N-ethyl adjacent to an activating group) is 2. The van der Waals surface area contributed by atoms with Crippen molar-refractivity contribution in [3.05, 3.63) is 83.4 Å². The first-order chi connectivity index (χ1) is 28.3. The highest BCUT2D eigenvalue weighted by molar-refractivity contribution is 7.86. The Labute approximate surface area is 343 Å². The number of aliphatic hydroxyl groups excluding tert-OH is 2. The number of benzene rings is 3. The quantitative estimate of drug-likeness (QED) is 0.0431. The van der Waals surface area contributed by atoms with Gasteiger partial charge in [0.1, 0.15) is 18.1 Å². The molecule has 0 aliphatic carbocycles. The molecule has 0 radical (unpaired) electrons. The van der Waals surface area contributed by atoms with Crippen LogP contribution in [0.5, 0.6) is 12.0 Å². The number of ether oxygens (including phenoxy) is 2. The molecule has 0 amide bonds. The van der Waals surface area contributed by atoms with E-state index in [1.54, 1.807) is 23.1 Å². The van der Waals surface area contributed by atoms with Crippen LogP contribution in [0.4, 0.5) is 40.9 Å². The molecule has 2 aromatic heterocycles. The van der Waals surface area contributed by atoms with Gasteiger partial charge < -0.3 is 50.3 Å². The summed E-state index contributed by atoms with van der Waals surface area (Å²) in [6.45, 7) is 3.62. The van der Waals surface area contributed by atoms with Gasteiger partial charge in [0.2, 0.25) is 23.8 Å². The maximum atomic E-state index is 12.6. The first-order valence-electron chi connectivity index (χ1n) is 18.6. The highest BCUT2D eigenvalue weighted by Gasteiger charge is 2.18. The predicted molar refractivity (Wildman–Crippen MR) is 227 cm³/mol. The number of para-hydroxylation sites is 1. The number of hydrogen-bond acceptors (Lipinski definition) is 18. The Hall–Kier alpha value is -6.03. The molecule has 0 spiro atoms. The van der Waals surface area contributed by atoms with Gasteiger partial charge in [-0.25, -0.2) is 0 Å². The number of aryl methyl sites for hydroxylation is 1. The van der Waals surface area contributed by atoms with E-state index in [-0.39, 0.29) is 78.9 Å². The van der Waals surface area contributed by atoms with Gasteiger partial charge in [0.15, 0.2) is 0 Å². The van der Waals surface area contributed by atoms with Gasteiger partial charge in [0.25, 0.3) is 10.1 Å². The lowest BCUT2D eigenvalue weighted by atomic mass is 10.1. The number of hydrogen-bond donors (Lipinski definition) is 6. The minimum atomic E-state index is -4.69. The molecule has 6 N–H and O–H groups in total. The molecule has 0 atom stereocenters. The maximum absolute atomic E-state index is 12.6. The van der Waals surface area contributed by atoms with Crippen molar-refractivity contribution < 1.29 is 32.7 Å². The molecule has 0 aliphatic heterocycles. The van der Waals surface area contributed by atoms with Gasteiger partial charge in [-0.3, -0.25) is 4.55 Å². The smallest absolute Gasteiger partial charge is 0.323 e. The van der Waals surface area contributed by atoms with Gasteiger partial charge in [0.05, 0.1) is 13.2 Å². The zero-order valence-electron chi connectivity index (χ0n) is 33.6. The average molecular weight is 831 g/mol. The molecule has 2 heterocycles. The topological polar surface area (TPSA) is 236 Å². The van der Waals surface area contributed by atoms with Crippen molar-refractivity contribution in [1.82, 2.24) is 39.7 Å². The second-order valence-electron chi connectivity index (χ2n) is 13.6. The van der Waals surface area contributed by atoms with Gasteiger partial charge in [-0.2, -0.15) is 38.3 Å². The molecule has 0 unspecified atom stereocenters. The number of aliphatic hydroxyl groups is 2. The molecule has 20 heteroatoms. The van der Waals surface area contributed by atoms with Gasteiger partial charge >= 0.3 is 12.0 Å². The Morgan fingerprint density at radius 3 is 1.68 bits per heavy atom. The lowest BCUT2D eigenvalue weighted by molar-refractivity contribution is 0.244. The van der Waals surface area contributed by atoms with Crippen molar-refractivity contribution in [3.8, 4) is 12.0 Å². The average Bonchev–Trinajstić information content (AvgIpc) is 3.17. The molecule has 3 aromatic carbocycles. The van der Waals surface area contributed by atoms with Crippen LogP contribution in [0.25, 0.3) is 12.2 Å². The molecule has 0 aliphatic rings. The second kappa shape index (κ2) is 21.1. The van der Waals surface area contributed by atoms with E-state index in [0.717, 1.165) is 16.8 Å². The van der Waals surface area contributed by atoms with Crippen molar-refractivity contribution >= 4 is 63.1 Å². The third-order valence-corrected chi connectivity index (χ3v) is 9.24. The Morgan fingerprint density at radius 1 is 0.627 bits per heavy atom. The zero-order chi connectivity index (χ0) is 42.4. The highest BCUT2D eigenvalue weighted by Crippen LogP contribution is 2.27. The molecular weight excluding hydrogens is 781 g/mol. The van der Waals surface area contributed by atoms with Crippen LogP contribution in [0.15, 0.2) is 71.6 Å². The molecule has 59 heavy (non-hydrogen) atoms. The van der Waals surface area contributed by atoms with Crippen molar-refractivity contribution in [1.29, 1.82) is 0 Å².